The van der Waals surface area contributed by atoms with E-state index in [1.807, 2.05) is 0 Å². The summed E-state index contributed by atoms with van der Waals surface area (Å²) in [5.41, 5.74) is 0. The van der Waals surface area contributed by atoms with Crippen LogP contribution in [0.5, 0.6) is 0 Å². The van der Waals surface area contributed by atoms with E-state index in [0.29, 0.717) is 18.5 Å². The van der Waals surface area contributed by atoms with Crippen molar-refractivity contribution < 1.29 is 9.90 Å². The van der Waals surface area contributed by atoms with Crippen molar-refractivity contribution in [2.45, 2.75) is 39.2 Å². The van der Waals surface area contributed by atoms with E-state index in [1.54, 1.807) is 6.08 Å². The lowest BCUT2D eigenvalue weighted by Gasteiger charge is -2.20. The van der Waals surface area contributed by atoms with Gasteiger partial charge < -0.3 is 10.4 Å². The van der Waals surface area contributed by atoms with Gasteiger partial charge in [0.1, 0.15) is 0 Å². The molecule has 2 N–H and O–H groups in total. The quantitative estimate of drug-likeness (QED) is 0.684. The highest BCUT2D eigenvalue weighted by Gasteiger charge is 2.30. The van der Waals surface area contributed by atoms with Crippen molar-refractivity contribution in [3.8, 4) is 0 Å². The number of carboxylic acid groups (broad SMARTS) is 1. The van der Waals surface area contributed by atoms with E-state index in [0.717, 1.165) is 5.92 Å². The standard InChI is InChI=1S/C12H21NO2/c1-3-10-6-7-11(9(10)2)13-8-4-5-12(14)15/h4-5,9-11,13H,3,6-8H2,1-2H3,(H,14,15)/b5-4+. The highest BCUT2D eigenvalue weighted by molar-refractivity contribution is 5.79. The molecule has 1 saturated carbocycles. The molecule has 0 aliphatic heterocycles. The number of carboxylic acids is 1. The maximum absolute atomic E-state index is 10.2. The molecule has 1 aliphatic carbocycles. The number of hydrogen-bond acceptors (Lipinski definition) is 2. The van der Waals surface area contributed by atoms with Crippen molar-refractivity contribution in [1.82, 2.24) is 5.32 Å². The van der Waals surface area contributed by atoms with Crippen LogP contribution in [0.3, 0.4) is 0 Å². The third-order valence-corrected chi connectivity index (χ3v) is 3.51. The van der Waals surface area contributed by atoms with Crippen molar-refractivity contribution >= 4 is 5.97 Å². The molecule has 86 valence electrons. The first kappa shape index (κ1) is 12.2. The lowest BCUT2D eigenvalue weighted by molar-refractivity contribution is -0.131. The maximum atomic E-state index is 10.2. The second-order valence-electron chi connectivity index (χ2n) is 4.36. The minimum Gasteiger partial charge on any atom is -0.478 e. The first-order chi connectivity index (χ1) is 7.15. The molecule has 0 aromatic carbocycles. The van der Waals surface area contributed by atoms with Gasteiger partial charge in [0, 0.05) is 18.7 Å². The van der Waals surface area contributed by atoms with E-state index in [1.165, 1.54) is 25.3 Å². The van der Waals surface area contributed by atoms with Crippen molar-refractivity contribution in [3.05, 3.63) is 12.2 Å². The molecule has 15 heavy (non-hydrogen) atoms. The summed E-state index contributed by atoms with van der Waals surface area (Å²) in [5.74, 6) is 0.682. The Morgan fingerprint density at radius 1 is 1.53 bits per heavy atom. The molecule has 0 saturated heterocycles. The van der Waals surface area contributed by atoms with Gasteiger partial charge in [0.15, 0.2) is 0 Å². The number of hydrogen-bond donors (Lipinski definition) is 2. The van der Waals surface area contributed by atoms with Crippen molar-refractivity contribution in [1.29, 1.82) is 0 Å². The van der Waals surface area contributed by atoms with E-state index in [4.69, 9.17) is 5.11 Å². The molecule has 0 amide bonds. The molecular weight excluding hydrogens is 190 g/mol. The predicted octanol–water partition coefficient (Wildman–Crippen LogP) is 2.04. The van der Waals surface area contributed by atoms with Crippen molar-refractivity contribution in [2.75, 3.05) is 6.54 Å². The molecule has 1 aliphatic rings. The van der Waals surface area contributed by atoms with Gasteiger partial charge in [-0.05, 0) is 24.7 Å². The number of rotatable bonds is 5. The molecule has 3 atom stereocenters. The fraction of sp³-hybridized carbons (Fsp3) is 0.750. The van der Waals surface area contributed by atoms with Gasteiger partial charge in [-0.3, -0.25) is 0 Å². The molecule has 0 heterocycles. The zero-order chi connectivity index (χ0) is 11.3. The molecule has 0 radical (unpaired) electrons. The van der Waals surface area contributed by atoms with Crippen LogP contribution in [0.4, 0.5) is 0 Å². The SMILES string of the molecule is CCC1CCC(NC/C=C/C(=O)O)C1C. The topological polar surface area (TPSA) is 49.3 Å². The minimum atomic E-state index is -0.872. The first-order valence-electron chi connectivity index (χ1n) is 5.78. The van der Waals surface area contributed by atoms with Crippen LogP contribution in [-0.2, 0) is 4.79 Å². The molecule has 0 bridgehead atoms. The fourth-order valence-corrected chi connectivity index (χ4v) is 2.49. The van der Waals surface area contributed by atoms with Gasteiger partial charge in [0.2, 0.25) is 0 Å². The zero-order valence-corrected chi connectivity index (χ0v) is 9.57. The van der Waals surface area contributed by atoms with E-state index >= 15 is 0 Å². The van der Waals surface area contributed by atoms with Gasteiger partial charge in [-0.15, -0.1) is 0 Å². The van der Waals surface area contributed by atoms with Crippen molar-refractivity contribution in [3.63, 3.8) is 0 Å². The molecule has 3 nitrogen and oxygen atoms in total. The Hall–Kier alpha value is -0.830. The molecule has 0 spiro atoms. The van der Waals surface area contributed by atoms with Gasteiger partial charge in [-0.2, -0.15) is 0 Å². The third kappa shape index (κ3) is 3.67. The summed E-state index contributed by atoms with van der Waals surface area (Å²) in [4.78, 5) is 10.2. The number of aliphatic carboxylic acids is 1. The number of carbonyl (C=O) groups is 1. The van der Waals surface area contributed by atoms with Crippen LogP contribution >= 0.6 is 0 Å². The molecule has 3 unspecified atom stereocenters. The maximum Gasteiger partial charge on any atom is 0.328 e. The largest absolute Gasteiger partial charge is 0.478 e. The summed E-state index contributed by atoms with van der Waals surface area (Å²) in [5, 5.41) is 11.8. The van der Waals surface area contributed by atoms with Gasteiger partial charge in [0.05, 0.1) is 0 Å². The smallest absolute Gasteiger partial charge is 0.328 e. The summed E-state index contributed by atoms with van der Waals surface area (Å²) in [6.07, 6.45) is 6.65. The van der Waals surface area contributed by atoms with Gasteiger partial charge >= 0.3 is 5.97 Å². The van der Waals surface area contributed by atoms with Crippen LogP contribution < -0.4 is 5.32 Å². The van der Waals surface area contributed by atoms with Crippen molar-refractivity contribution in [2.24, 2.45) is 11.8 Å². The zero-order valence-electron chi connectivity index (χ0n) is 9.57. The monoisotopic (exact) mass is 211 g/mol. The molecule has 1 rings (SSSR count). The van der Waals surface area contributed by atoms with Gasteiger partial charge in [-0.1, -0.05) is 26.3 Å². The fourth-order valence-electron chi connectivity index (χ4n) is 2.49. The highest BCUT2D eigenvalue weighted by atomic mass is 16.4. The summed E-state index contributed by atoms with van der Waals surface area (Å²) in [6.45, 7) is 5.20. The Bertz CT molecular complexity index is 238. The summed E-state index contributed by atoms with van der Waals surface area (Å²) < 4.78 is 0. The Labute approximate surface area is 91.6 Å². The lowest BCUT2D eigenvalue weighted by Crippen LogP contribution is -2.32. The van der Waals surface area contributed by atoms with Crippen LogP contribution in [0, 0.1) is 11.8 Å². The highest BCUT2D eigenvalue weighted by Crippen LogP contribution is 2.33. The Kier molecular flexibility index (Phi) is 4.82. The second-order valence-corrected chi connectivity index (χ2v) is 4.36. The predicted molar refractivity (Wildman–Crippen MR) is 60.7 cm³/mol. The first-order valence-corrected chi connectivity index (χ1v) is 5.78. The van der Waals surface area contributed by atoms with Crippen LogP contribution in [0.15, 0.2) is 12.2 Å². The summed E-state index contributed by atoms with van der Waals surface area (Å²) in [7, 11) is 0. The van der Waals surface area contributed by atoms with E-state index < -0.39 is 5.97 Å². The van der Waals surface area contributed by atoms with E-state index in [-0.39, 0.29) is 0 Å². The number of nitrogens with one attached hydrogen (secondary N) is 1. The van der Waals surface area contributed by atoms with Crippen LogP contribution in [-0.4, -0.2) is 23.7 Å². The molecule has 0 aromatic heterocycles. The molecule has 1 fully saturated rings. The molecular formula is C12H21NO2. The third-order valence-electron chi connectivity index (χ3n) is 3.51. The summed E-state index contributed by atoms with van der Waals surface area (Å²) in [6, 6.07) is 0.563. The van der Waals surface area contributed by atoms with Crippen LogP contribution in [0.2, 0.25) is 0 Å². The van der Waals surface area contributed by atoms with Gasteiger partial charge in [-0.25, -0.2) is 4.79 Å². The van der Waals surface area contributed by atoms with E-state index in [9.17, 15) is 4.79 Å². The van der Waals surface area contributed by atoms with Gasteiger partial charge in [0.25, 0.3) is 0 Å². The second kappa shape index (κ2) is 5.91. The van der Waals surface area contributed by atoms with Crippen LogP contribution in [0.25, 0.3) is 0 Å². The molecule has 0 aromatic rings. The minimum absolute atomic E-state index is 0.563. The van der Waals surface area contributed by atoms with E-state index in [2.05, 4.69) is 19.2 Å². The molecule has 3 heteroatoms. The Balaban J connectivity index is 2.25. The Morgan fingerprint density at radius 2 is 2.27 bits per heavy atom. The average Bonchev–Trinajstić information content (AvgIpc) is 2.54. The Morgan fingerprint density at radius 3 is 2.80 bits per heavy atom. The summed E-state index contributed by atoms with van der Waals surface area (Å²) >= 11 is 0. The average molecular weight is 211 g/mol. The van der Waals surface area contributed by atoms with Crippen LogP contribution in [0.1, 0.15) is 33.1 Å². The normalized spacial score (nSPS) is 31.2. The lowest BCUT2D eigenvalue weighted by atomic mass is 9.93.